The summed E-state index contributed by atoms with van der Waals surface area (Å²) in [6, 6.07) is 14.6. The van der Waals surface area contributed by atoms with Gasteiger partial charge in [-0.15, -0.1) is 0 Å². The number of hydrogen-bond donors (Lipinski definition) is 2. The van der Waals surface area contributed by atoms with Crippen LogP contribution in [0.25, 0.3) is 5.70 Å². The number of carbonyl (C=O) groups is 1. The van der Waals surface area contributed by atoms with E-state index in [2.05, 4.69) is 16.7 Å². The van der Waals surface area contributed by atoms with E-state index in [0.717, 1.165) is 29.9 Å². The van der Waals surface area contributed by atoms with Gasteiger partial charge in [0.05, 0.1) is 5.69 Å². The number of nitrogens with one attached hydrogen (secondary N) is 2. The molecule has 0 radical (unpaired) electrons. The van der Waals surface area contributed by atoms with E-state index in [-0.39, 0.29) is 5.91 Å². The molecule has 3 rings (SSSR count). The molecule has 4 heteroatoms. The third-order valence-electron chi connectivity index (χ3n) is 3.38. The molecular formula is C17H15ClN2O. The van der Waals surface area contributed by atoms with Crippen LogP contribution < -0.4 is 10.6 Å². The summed E-state index contributed by atoms with van der Waals surface area (Å²) in [4.78, 5) is 12.3. The molecule has 3 nitrogen and oxygen atoms in total. The Morgan fingerprint density at radius 1 is 1.10 bits per heavy atom. The van der Waals surface area contributed by atoms with E-state index in [1.807, 2.05) is 24.3 Å². The molecule has 0 spiro atoms. The minimum atomic E-state index is -0.141. The highest BCUT2D eigenvalue weighted by atomic mass is 35.5. The Balaban J connectivity index is 1.84. The number of anilines is 1. The van der Waals surface area contributed by atoms with Crippen molar-refractivity contribution >= 4 is 28.9 Å². The van der Waals surface area contributed by atoms with Crippen molar-refractivity contribution in [3.05, 3.63) is 70.8 Å². The second-order valence-corrected chi connectivity index (χ2v) is 5.28. The van der Waals surface area contributed by atoms with Gasteiger partial charge in [0.2, 0.25) is 0 Å². The second kappa shape index (κ2) is 6.02. The second-order valence-electron chi connectivity index (χ2n) is 4.84. The molecule has 21 heavy (non-hydrogen) atoms. The molecule has 1 aliphatic heterocycles. The minimum absolute atomic E-state index is 0.141. The summed E-state index contributed by atoms with van der Waals surface area (Å²) in [5, 5.41) is 6.90. The van der Waals surface area contributed by atoms with Gasteiger partial charge in [0.15, 0.2) is 0 Å². The smallest absolute Gasteiger partial charge is 0.255 e. The third-order valence-corrected chi connectivity index (χ3v) is 3.63. The average molecular weight is 299 g/mol. The van der Waals surface area contributed by atoms with Crippen LogP contribution in [0.2, 0.25) is 5.02 Å². The highest BCUT2D eigenvalue weighted by Crippen LogP contribution is 2.25. The zero-order valence-corrected chi connectivity index (χ0v) is 12.2. The summed E-state index contributed by atoms with van der Waals surface area (Å²) >= 11 is 5.84. The summed E-state index contributed by atoms with van der Waals surface area (Å²) in [7, 11) is 0. The lowest BCUT2D eigenvalue weighted by atomic mass is 10.1. The van der Waals surface area contributed by atoms with E-state index in [1.165, 1.54) is 0 Å². The molecule has 1 heterocycles. The molecule has 0 saturated carbocycles. The van der Waals surface area contributed by atoms with Gasteiger partial charge in [0.25, 0.3) is 5.91 Å². The van der Waals surface area contributed by atoms with Crippen molar-refractivity contribution in [3.63, 3.8) is 0 Å². The van der Waals surface area contributed by atoms with Crippen molar-refractivity contribution in [2.45, 2.75) is 6.42 Å². The van der Waals surface area contributed by atoms with Gasteiger partial charge in [0.1, 0.15) is 0 Å². The number of halogens is 1. The maximum atomic E-state index is 12.3. The maximum absolute atomic E-state index is 12.3. The Kier molecular flexibility index (Phi) is 3.93. The first-order valence-corrected chi connectivity index (χ1v) is 7.22. The lowest BCUT2D eigenvalue weighted by molar-refractivity contribution is 0.102. The molecule has 0 fully saturated rings. The number of amides is 1. The van der Waals surface area contributed by atoms with Gasteiger partial charge in [-0.1, -0.05) is 35.9 Å². The first kappa shape index (κ1) is 13.7. The van der Waals surface area contributed by atoms with Crippen LogP contribution >= 0.6 is 11.6 Å². The Morgan fingerprint density at radius 2 is 1.86 bits per heavy atom. The molecule has 0 atom stereocenters. The lowest BCUT2D eigenvalue weighted by Gasteiger charge is -2.12. The van der Waals surface area contributed by atoms with E-state index in [1.54, 1.807) is 24.3 Å². The predicted octanol–water partition coefficient (Wildman–Crippen LogP) is 3.93. The van der Waals surface area contributed by atoms with Crippen LogP contribution in [-0.4, -0.2) is 12.5 Å². The summed E-state index contributed by atoms with van der Waals surface area (Å²) in [6.45, 7) is 0.939. The fourth-order valence-electron chi connectivity index (χ4n) is 2.32. The Bertz CT molecular complexity index is 692. The monoisotopic (exact) mass is 298 g/mol. The van der Waals surface area contributed by atoms with Crippen LogP contribution in [0, 0.1) is 0 Å². The molecule has 1 aliphatic rings. The van der Waals surface area contributed by atoms with Gasteiger partial charge in [-0.3, -0.25) is 4.79 Å². The summed E-state index contributed by atoms with van der Waals surface area (Å²) in [5.41, 5.74) is 3.47. The van der Waals surface area contributed by atoms with Crippen LogP contribution in [0.3, 0.4) is 0 Å². The van der Waals surface area contributed by atoms with E-state index in [0.29, 0.717) is 10.6 Å². The Hall–Kier alpha value is -2.26. The highest BCUT2D eigenvalue weighted by molar-refractivity contribution is 6.30. The number of carbonyl (C=O) groups excluding carboxylic acids is 1. The molecular weight excluding hydrogens is 284 g/mol. The van der Waals surface area contributed by atoms with Gasteiger partial charge in [-0.25, -0.2) is 0 Å². The zero-order valence-electron chi connectivity index (χ0n) is 11.4. The standard InChI is InChI=1S/C17H15ClN2O/c18-13-9-7-12(8-10-13)17(21)20-16-5-2-1-4-14(16)15-6-3-11-19-15/h1-2,4-10,19H,3,11H2,(H,20,21). The SMILES string of the molecule is O=C(Nc1ccccc1C1=CCCN1)c1ccc(Cl)cc1. The molecule has 0 aromatic heterocycles. The molecule has 2 aromatic rings. The van der Waals surface area contributed by atoms with Crippen LogP contribution in [0.4, 0.5) is 5.69 Å². The Labute approximate surface area is 128 Å². The number of benzene rings is 2. The highest BCUT2D eigenvalue weighted by Gasteiger charge is 2.13. The van der Waals surface area contributed by atoms with Gasteiger partial charge in [0, 0.05) is 28.4 Å². The lowest BCUT2D eigenvalue weighted by Crippen LogP contribution is -2.14. The molecule has 2 N–H and O–H groups in total. The maximum Gasteiger partial charge on any atom is 0.255 e. The van der Waals surface area contributed by atoms with Crippen molar-refractivity contribution in [1.82, 2.24) is 5.32 Å². The van der Waals surface area contributed by atoms with Crippen LogP contribution in [-0.2, 0) is 0 Å². The van der Waals surface area contributed by atoms with E-state index in [4.69, 9.17) is 11.6 Å². The number of para-hydroxylation sites is 1. The average Bonchev–Trinajstić information content (AvgIpc) is 3.02. The Morgan fingerprint density at radius 3 is 2.57 bits per heavy atom. The van der Waals surface area contributed by atoms with E-state index >= 15 is 0 Å². The zero-order chi connectivity index (χ0) is 14.7. The fourth-order valence-corrected chi connectivity index (χ4v) is 2.45. The number of rotatable bonds is 3. The van der Waals surface area contributed by atoms with Crippen molar-refractivity contribution in [2.24, 2.45) is 0 Å². The van der Waals surface area contributed by atoms with E-state index in [9.17, 15) is 4.79 Å². The van der Waals surface area contributed by atoms with Crippen LogP contribution in [0.15, 0.2) is 54.6 Å². The van der Waals surface area contributed by atoms with Gasteiger partial charge in [-0.2, -0.15) is 0 Å². The first-order chi connectivity index (χ1) is 10.2. The first-order valence-electron chi connectivity index (χ1n) is 6.84. The molecule has 2 aromatic carbocycles. The van der Waals surface area contributed by atoms with Crippen molar-refractivity contribution in [3.8, 4) is 0 Å². The van der Waals surface area contributed by atoms with Crippen molar-refractivity contribution in [2.75, 3.05) is 11.9 Å². The van der Waals surface area contributed by atoms with Gasteiger partial charge < -0.3 is 10.6 Å². The summed E-state index contributed by atoms with van der Waals surface area (Å²) in [5.74, 6) is -0.141. The third kappa shape index (κ3) is 3.09. The topological polar surface area (TPSA) is 41.1 Å². The quantitative estimate of drug-likeness (QED) is 0.901. The van der Waals surface area contributed by atoms with E-state index < -0.39 is 0 Å². The summed E-state index contributed by atoms with van der Waals surface area (Å²) < 4.78 is 0. The fraction of sp³-hybridized carbons (Fsp3) is 0.118. The largest absolute Gasteiger partial charge is 0.384 e. The molecule has 0 saturated heterocycles. The predicted molar refractivity (Wildman–Crippen MR) is 86.4 cm³/mol. The molecule has 0 aliphatic carbocycles. The molecule has 106 valence electrons. The minimum Gasteiger partial charge on any atom is -0.384 e. The normalized spacial score (nSPS) is 13.5. The van der Waals surface area contributed by atoms with Crippen LogP contribution in [0.1, 0.15) is 22.3 Å². The summed E-state index contributed by atoms with van der Waals surface area (Å²) in [6.07, 6.45) is 3.15. The molecule has 0 unspecified atom stereocenters. The van der Waals surface area contributed by atoms with Gasteiger partial charge in [-0.05, 0) is 36.8 Å². The van der Waals surface area contributed by atoms with Crippen molar-refractivity contribution < 1.29 is 4.79 Å². The van der Waals surface area contributed by atoms with Crippen LogP contribution in [0.5, 0.6) is 0 Å². The molecule has 0 bridgehead atoms. The molecule has 1 amide bonds. The van der Waals surface area contributed by atoms with Gasteiger partial charge >= 0.3 is 0 Å². The number of hydrogen-bond acceptors (Lipinski definition) is 2. The van der Waals surface area contributed by atoms with Crippen molar-refractivity contribution in [1.29, 1.82) is 0 Å².